The number of benzene rings is 2. The van der Waals surface area contributed by atoms with Gasteiger partial charge in [-0.1, -0.05) is 35.9 Å². The summed E-state index contributed by atoms with van der Waals surface area (Å²) in [7, 11) is 1.60. The number of ether oxygens (including phenoxy) is 1. The number of aryl methyl sites for hydroxylation is 2. The van der Waals surface area contributed by atoms with Crippen LogP contribution in [0.1, 0.15) is 29.2 Å². The summed E-state index contributed by atoms with van der Waals surface area (Å²) >= 11 is 5.99. The topological polar surface area (TPSA) is 29.5 Å². The maximum atomic E-state index is 10.4. The highest BCUT2D eigenvalue weighted by molar-refractivity contribution is 6.30. The first kappa shape index (κ1) is 14.9. The van der Waals surface area contributed by atoms with Crippen molar-refractivity contribution in [1.29, 1.82) is 0 Å². The molecule has 3 heteroatoms. The molecule has 0 saturated heterocycles. The van der Waals surface area contributed by atoms with Crippen LogP contribution < -0.4 is 4.74 Å². The Morgan fingerprint density at radius 2 is 1.95 bits per heavy atom. The number of rotatable bonds is 5. The van der Waals surface area contributed by atoms with Crippen LogP contribution in [-0.4, -0.2) is 12.2 Å². The van der Waals surface area contributed by atoms with Gasteiger partial charge in [0.1, 0.15) is 5.75 Å². The molecule has 2 rings (SSSR count). The summed E-state index contributed by atoms with van der Waals surface area (Å²) in [6, 6.07) is 13.5. The van der Waals surface area contributed by atoms with Gasteiger partial charge in [0.05, 0.1) is 13.2 Å². The molecule has 2 aromatic carbocycles. The molecule has 1 N–H and O–H groups in total. The second-order valence-electron chi connectivity index (χ2n) is 4.87. The van der Waals surface area contributed by atoms with Crippen molar-refractivity contribution in [3.8, 4) is 5.75 Å². The maximum Gasteiger partial charge on any atom is 0.124 e. The van der Waals surface area contributed by atoms with Crippen molar-refractivity contribution in [2.75, 3.05) is 7.11 Å². The molecule has 0 aliphatic heterocycles. The van der Waals surface area contributed by atoms with Crippen LogP contribution >= 0.6 is 11.6 Å². The van der Waals surface area contributed by atoms with Gasteiger partial charge in [-0.05, 0) is 49.1 Å². The van der Waals surface area contributed by atoms with Gasteiger partial charge in [-0.2, -0.15) is 0 Å². The number of aliphatic hydroxyl groups excluding tert-OH is 1. The monoisotopic (exact) mass is 290 g/mol. The highest BCUT2D eigenvalue weighted by Gasteiger charge is 2.14. The Balaban J connectivity index is 2.11. The molecule has 1 atom stereocenters. The fourth-order valence-electron chi connectivity index (χ4n) is 2.30. The zero-order valence-corrected chi connectivity index (χ0v) is 12.5. The molecule has 20 heavy (non-hydrogen) atoms. The maximum absolute atomic E-state index is 10.4. The highest BCUT2D eigenvalue weighted by atomic mass is 35.5. The van der Waals surface area contributed by atoms with Gasteiger partial charge in [0.2, 0.25) is 0 Å². The van der Waals surface area contributed by atoms with Crippen molar-refractivity contribution >= 4 is 11.6 Å². The van der Waals surface area contributed by atoms with Gasteiger partial charge in [0.25, 0.3) is 0 Å². The van der Waals surface area contributed by atoms with Gasteiger partial charge in [-0.25, -0.2) is 0 Å². The summed E-state index contributed by atoms with van der Waals surface area (Å²) in [6.07, 6.45) is 0.883. The van der Waals surface area contributed by atoms with Gasteiger partial charge < -0.3 is 9.84 Å². The normalized spacial score (nSPS) is 12.2. The second kappa shape index (κ2) is 6.78. The van der Waals surface area contributed by atoms with E-state index in [-0.39, 0.29) is 0 Å². The molecule has 106 valence electrons. The third-order valence-corrected chi connectivity index (χ3v) is 3.73. The van der Waals surface area contributed by atoms with E-state index in [1.165, 1.54) is 11.1 Å². The molecule has 2 nitrogen and oxygen atoms in total. The molecule has 0 saturated carbocycles. The van der Waals surface area contributed by atoms with E-state index in [4.69, 9.17) is 16.3 Å². The minimum Gasteiger partial charge on any atom is -0.496 e. The number of halogens is 1. The van der Waals surface area contributed by atoms with Crippen LogP contribution in [0.25, 0.3) is 0 Å². The molecule has 0 radical (unpaired) electrons. The van der Waals surface area contributed by atoms with Crippen LogP contribution in [0.15, 0.2) is 42.5 Å². The summed E-state index contributed by atoms with van der Waals surface area (Å²) in [6.45, 7) is 2.09. The molecule has 0 heterocycles. The zero-order chi connectivity index (χ0) is 14.5. The van der Waals surface area contributed by atoms with E-state index < -0.39 is 6.10 Å². The van der Waals surface area contributed by atoms with Crippen molar-refractivity contribution < 1.29 is 9.84 Å². The predicted octanol–water partition coefficient (Wildman–Crippen LogP) is 4.32. The summed E-state index contributed by atoms with van der Waals surface area (Å²) in [5, 5.41) is 11.0. The highest BCUT2D eigenvalue weighted by Crippen LogP contribution is 2.31. The first-order chi connectivity index (χ1) is 9.61. The number of aliphatic hydroxyl groups is 1. The van der Waals surface area contributed by atoms with E-state index in [0.29, 0.717) is 17.2 Å². The molecule has 2 aromatic rings. The Hall–Kier alpha value is -1.51. The smallest absolute Gasteiger partial charge is 0.124 e. The van der Waals surface area contributed by atoms with Gasteiger partial charge in [-0.15, -0.1) is 0 Å². The van der Waals surface area contributed by atoms with Gasteiger partial charge in [-0.3, -0.25) is 0 Å². The summed E-state index contributed by atoms with van der Waals surface area (Å²) < 4.78 is 5.28. The van der Waals surface area contributed by atoms with Crippen LogP contribution in [0.4, 0.5) is 0 Å². The summed E-state index contributed by atoms with van der Waals surface area (Å²) in [5.74, 6) is 0.673. The lowest BCUT2D eigenvalue weighted by Crippen LogP contribution is -2.03. The predicted molar refractivity (Wildman–Crippen MR) is 82.5 cm³/mol. The van der Waals surface area contributed by atoms with E-state index in [0.717, 1.165) is 12.0 Å². The largest absolute Gasteiger partial charge is 0.496 e. The summed E-state index contributed by atoms with van der Waals surface area (Å²) in [5.41, 5.74) is 3.25. The molecular formula is C17H19ClO2. The molecule has 0 aliphatic carbocycles. The molecule has 0 spiro atoms. The molecule has 0 aromatic heterocycles. The van der Waals surface area contributed by atoms with E-state index in [1.807, 2.05) is 12.1 Å². The molecule has 0 amide bonds. The lowest BCUT2D eigenvalue weighted by Gasteiger charge is -2.15. The molecule has 0 aliphatic rings. The van der Waals surface area contributed by atoms with Crippen LogP contribution in [0.2, 0.25) is 5.02 Å². The second-order valence-corrected chi connectivity index (χ2v) is 5.30. The van der Waals surface area contributed by atoms with E-state index in [1.54, 1.807) is 25.3 Å². The van der Waals surface area contributed by atoms with Crippen molar-refractivity contribution in [3.05, 3.63) is 64.2 Å². The first-order valence-corrected chi connectivity index (χ1v) is 7.05. The number of hydrogen-bond donors (Lipinski definition) is 1. The van der Waals surface area contributed by atoms with Crippen molar-refractivity contribution in [2.45, 2.75) is 25.9 Å². The minimum atomic E-state index is -0.580. The van der Waals surface area contributed by atoms with Crippen molar-refractivity contribution in [1.82, 2.24) is 0 Å². The Morgan fingerprint density at radius 1 is 1.20 bits per heavy atom. The lowest BCUT2D eigenvalue weighted by atomic mass is 9.98. The fraction of sp³-hybridized carbons (Fsp3) is 0.294. The zero-order valence-electron chi connectivity index (χ0n) is 11.8. The average Bonchev–Trinajstić information content (AvgIpc) is 2.46. The first-order valence-electron chi connectivity index (χ1n) is 6.68. The molecule has 1 unspecified atom stereocenters. The third-order valence-electron chi connectivity index (χ3n) is 3.50. The standard InChI is InChI=1S/C17H19ClO2/c1-12-5-3-4-6-13(12)7-9-16(19)15-11-14(18)8-10-17(15)20-2/h3-6,8,10-11,16,19H,7,9H2,1-2H3. The molecular weight excluding hydrogens is 272 g/mol. The summed E-state index contributed by atoms with van der Waals surface area (Å²) in [4.78, 5) is 0. The van der Waals surface area contributed by atoms with Gasteiger partial charge >= 0.3 is 0 Å². The van der Waals surface area contributed by atoms with Gasteiger partial charge in [0.15, 0.2) is 0 Å². The number of hydrogen-bond acceptors (Lipinski definition) is 2. The number of methoxy groups -OCH3 is 1. The molecule has 0 fully saturated rings. The Kier molecular flexibility index (Phi) is 5.05. The Morgan fingerprint density at radius 3 is 2.65 bits per heavy atom. The fourth-order valence-corrected chi connectivity index (χ4v) is 2.48. The van der Waals surface area contributed by atoms with E-state index >= 15 is 0 Å². The lowest BCUT2D eigenvalue weighted by molar-refractivity contribution is 0.163. The average molecular weight is 291 g/mol. The van der Waals surface area contributed by atoms with Crippen LogP contribution in [0.5, 0.6) is 5.75 Å². The molecule has 0 bridgehead atoms. The SMILES string of the molecule is COc1ccc(Cl)cc1C(O)CCc1ccccc1C. The Labute approximate surface area is 125 Å². The van der Waals surface area contributed by atoms with Crippen LogP contribution in [0.3, 0.4) is 0 Å². The van der Waals surface area contributed by atoms with E-state index in [2.05, 4.69) is 19.1 Å². The van der Waals surface area contributed by atoms with Crippen molar-refractivity contribution in [2.24, 2.45) is 0 Å². The minimum absolute atomic E-state index is 0.580. The van der Waals surface area contributed by atoms with Crippen LogP contribution in [-0.2, 0) is 6.42 Å². The van der Waals surface area contributed by atoms with Gasteiger partial charge in [0, 0.05) is 10.6 Å². The van der Waals surface area contributed by atoms with Crippen molar-refractivity contribution in [3.63, 3.8) is 0 Å². The quantitative estimate of drug-likeness (QED) is 0.888. The third kappa shape index (κ3) is 3.53. The Bertz CT molecular complexity index is 581. The van der Waals surface area contributed by atoms with E-state index in [9.17, 15) is 5.11 Å². The van der Waals surface area contributed by atoms with Crippen LogP contribution in [0, 0.1) is 6.92 Å².